The Morgan fingerprint density at radius 1 is 1.47 bits per heavy atom. The number of hydrogen-bond acceptors (Lipinski definition) is 6. The van der Waals surface area contributed by atoms with Crippen LogP contribution in [-0.4, -0.2) is 75.6 Å². The van der Waals surface area contributed by atoms with Crippen molar-refractivity contribution in [2.24, 2.45) is 5.92 Å². The maximum Gasteiger partial charge on any atom is 0.259 e. The van der Waals surface area contributed by atoms with Gasteiger partial charge in [-0.2, -0.15) is 0 Å². The summed E-state index contributed by atoms with van der Waals surface area (Å²) >= 11 is 3.35. The Kier molecular flexibility index (Phi) is 7.04. The van der Waals surface area contributed by atoms with E-state index >= 15 is 0 Å². The number of aliphatic hydroxyl groups excluding tert-OH is 1. The molecule has 0 saturated heterocycles. The number of ether oxygens (including phenoxy) is 1. The van der Waals surface area contributed by atoms with Crippen molar-refractivity contribution >= 4 is 27.7 Å². The van der Waals surface area contributed by atoms with E-state index in [1.807, 2.05) is 6.92 Å². The molecule has 0 aromatic carbocycles. The molecule has 8 nitrogen and oxygen atoms in total. The molecule has 0 saturated carbocycles. The SMILES string of the molecule is C[C@H](CO)N1C[C@H](C)[C@@H](CN(C)C(=O)c2cccnc2)Oc2ncc(Br)cc2C1=O. The van der Waals surface area contributed by atoms with Crippen molar-refractivity contribution in [1.29, 1.82) is 0 Å². The molecule has 3 rings (SSSR count). The van der Waals surface area contributed by atoms with E-state index in [1.165, 1.54) is 6.20 Å². The minimum atomic E-state index is -0.399. The molecule has 1 aliphatic rings. The summed E-state index contributed by atoms with van der Waals surface area (Å²) < 4.78 is 6.80. The lowest BCUT2D eigenvalue weighted by atomic mass is 10.00. The predicted molar refractivity (Wildman–Crippen MR) is 114 cm³/mol. The first kappa shape index (κ1) is 22.2. The Morgan fingerprint density at radius 3 is 2.90 bits per heavy atom. The van der Waals surface area contributed by atoms with Crippen LogP contribution in [-0.2, 0) is 0 Å². The fraction of sp³-hybridized carbons (Fsp3) is 0.429. The number of aliphatic hydroxyl groups is 1. The number of aromatic nitrogens is 2. The van der Waals surface area contributed by atoms with Crippen molar-refractivity contribution in [3.63, 3.8) is 0 Å². The molecule has 0 fully saturated rings. The van der Waals surface area contributed by atoms with Crippen LogP contribution in [0.4, 0.5) is 0 Å². The van der Waals surface area contributed by atoms with Gasteiger partial charge in [0.15, 0.2) is 0 Å². The van der Waals surface area contributed by atoms with Crippen LogP contribution < -0.4 is 4.74 Å². The normalized spacial score (nSPS) is 19.9. The molecule has 9 heteroatoms. The number of likely N-dealkylation sites (N-methyl/N-ethyl adjacent to an activating group) is 1. The number of carbonyl (C=O) groups is 2. The van der Waals surface area contributed by atoms with Crippen LogP contribution in [0.25, 0.3) is 0 Å². The van der Waals surface area contributed by atoms with Crippen molar-refractivity contribution in [2.75, 3.05) is 26.7 Å². The van der Waals surface area contributed by atoms with Gasteiger partial charge < -0.3 is 19.6 Å². The number of halogens is 1. The lowest BCUT2D eigenvalue weighted by molar-refractivity contribution is 0.0313. The summed E-state index contributed by atoms with van der Waals surface area (Å²) in [7, 11) is 1.71. The molecule has 0 radical (unpaired) electrons. The van der Waals surface area contributed by atoms with E-state index in [9.17, 15) is 14.7 Å². The standard InChI is InChI=1S/C21H25BrN4O4/c1-13-10-26(14(2)12-27)21(29)17-7-16(22)9-24-19(17)30-18(13)11-25(3)20(28)15-5-4-6-23-8-15/h4-9,13-14,18,27H,10-12H2,1-3H3/t13-,14+,18+/m0/s1. The summed E-state index contributed by atoms with van der Waals surface area (Å²) in [6.07, 6.45) is 4.31. The molecule has 3 heterocycles. The van der Waals surface area contributed by atoms with E-state index in [-0.39, 0.29) is 36.3 Å². The number of fused-ring (bicyclic) bond motifs is 1. The van der Waals surface area contributed by atoms with Crippen LogP contribution in [0.3, 0.4) is 0 Å². The van der Waals surface area contributed by atoms with Crippen molar-refractivity contribution in [3.8, 4) is 5.88 Å². The minimum absolute atomic E-state index is 0.106. The Balaban J connectivity index is 1.90. The third-order valence-electron chi connectivity index (χ3n) is 5.20. The van der Waals surface area contributed by atoms with Crippen LogP contribution in [0.1, 0.15) is 34.6 Å². The smallest absolute Gasteiger partial charge is 0.259 e. The zero-order valence-corrected chi connectivity index (χ0v) is 18.7. The first-order valence-electron chi connectivity index (χ1n) is 9.71. The quantitative estimate of drug-likeness (QED) is 0.710. The van der Waals surface area contributed by atoms with Gasteiger partial charge in [-0.25, -0.2) is 4.98 Å². The summed E-state index contributed by atoms with van der Waals surface area (Å²) in [6, 6.07) is 4.74. The summed E-state index contributed by atoms with van der Waals surface area (Å²) in [6.45, 7) is 4.29. The highest BCUT2D eigenvalue weighted by atomic mass is 79.9. The third-order valence-corrected chi connectivity index (χ3v) is 5.63. The molecule has 0 spiro atoms. The Hall–Kier alpha value is -2.52. The van der Waals surface area contributed by atoms with Crippen LogP contribution in [0.5, 0.6) is 5.88 Å². The van der Waals surface area contributed by atoms with Gasteiger partial charge in [0.2, 0.25) is 5.88 Å². The Bertz CT molecular complexity index is 911. The number of hydrogen-bond donors (Lipinski definition) is 1. The second-order valence-corrected chi connectivity index (χ2v) is 8.47. The molecule has 1 N–H and O–H groups in total. The van der Waals surface area contributed by atoms with Gasteiger partial charge in [0.05, 0.1) is 24.8 Å². The average Bonchev–Trinajstić information content (AvgIpc) is 2.76. The monoisotopic (exact) mass is 476 g/mol. The predicted octanol–water partition coefficient (Wildman–Crippen LogP) is 2.23. The van der Waals surface area contributed by atoms with Gasteiger partial charge in [0.25, 0.3) is 11.8 Å². The van der Waals surface area contributed by atoms with E-state index in [0.29, 0.717) is 28.7 Å². The largest absolute Gasteiger partial charge is 0.472 e. The molecule has 2 aromatic rings. The molecular formula is C21H25BrN4O4. The minimum Gasteiger partial charge on any atom is -0.472 e. The maximum absolute atomic E-state index is 13.1. The number of carbonyl (C=O) groups excluding carboxylic acids is 2. The second kappa shape index (κ2) is 9.53. The summed E-state index contributed by atoms with van der Waals surface area (Å²) in [5, 5.41) is 9.66. The average molecular weight is 477 g/mol. The molecule has 1 aliphatic heterocycles. The number of nitrogens with zero attached hydrogens (tertiary/aromatic N) is 4. The van der Waals surface area contributed by atoms with Crippen LogP contribution >= 0.6 is 15.9 Å². The van der Waals surface area contributed by atoms with Crippen molar-refractivity contribution < 1.29 is 19.4 Å². The molecule has 2 aromatic heterocycles. The van der Waals surface area contributed by atoms with Crippen molar-refractivity contribution in [2.45, 2.75) is 26.0 Å². The van der Waals surface area contributed by atoms with Gasteiger partial charge >= 0.3 is 0 Å². The van der Waals surface area contributed by atoms with Crippen LogP contribution in [0, 0.1) is 5.92 Å². The third kappa shape index (κ3) is 4.79. The van der Waals surface area contributed by atoms with Crippen LogP contribution in [0.2, 0.25) is 0 Å². The molecule has 2 amide bonds. The first-order valence-corrected chi connectivity index (χ1v) is 10.5. The van der Waals surface area contributed by atoms with Gasteiger partial charge in [0, 0.05) is 42.6 Å². The highest BCUT2D eigenvalue weighted by molar-refractivity contribution is 9.10. The number of pyridine rings is 2. The molecule has 3 atom stereocenters. The lowest BCUT2D eigenvalue weighted by Gasteiger charge is -2.37. The molecule has 0 unspecified atom stereocenters. The Morgan fingerprint density at radius 2 is 2.23 bits per heavy atom. The van der Waals surface area contributed by atoms with Gasteiger partial charge in [-0.3, -0.25) is 14.6 Å². The lowest BCUT2D eigenvalue weighted by Crippen LogP contribution is -2.50. The highest BCUT2D eigenvalue weighted by Crippen LogP contribution is 2.28. The molecule has 0 bridgehead atoms. The topological polar surface area (TPSA) is 95.9 Å². The van der Waals surface area contributed by atoms with E-state index in [0.717, 1.165) is 0 Å². The van der Waals surface area contributed by atoms with E-state index in [2.05, 4.69) is 25.9 Å². The van der Waals surface area contributed by atoms with Gasteiger partial charge in [-0.05, 0) is 41.1 Å². The zero-order valence-electron chi connectivity index (χ0n) is 17.2. The number of rotatable bonds is 5. The summed E-state index contributed by atoms with van der Waals surface area (Å²) in [5.74, 6) is -0.296. The molecule has 30 heavy (non-hydrogen) atoms. The van der Waals surface area contributed by atoms with Gasteiger partial charge in [-0.1, -0.05) is 6.92 Å². The van der Waals surface area contributed by atoms with E-state index < -0.39 is 6.10 Å². The molecule has 160 valence electrons. The second-order valence-electron chi connectivity index (χ2n) is 7.56. The fourth-order valence-corrected chi connectivity index (χ4v) is 3.69. The van der Waals surface area contributed by atoms with Gasteiger partial charge in [0.1, 0.15) is 11.7 Å². The Labute approximate surface area is 184 Å². The zero-order chi connectivity index (χ0) is 21.8. The number of amides is 2. The van der Waals surface area contributed by atoms with Crippen molar-refractivity contribution in [1.82, 2.24) is 19.8 Å². The van der Waals surface area contributed by atoms with E-state index in [1.54, 1.807) is 54.4 Å². The van der Waals surface area contributed by atoms with E-state index in [4.69, 9.17) is 4.74 Å². The molecular weight excluding hydrogens is 452 g/mol. The van der Waals surface area contributed by atoms with Gasteiger partial charge in [-0.15, -0.1) is 0 Å². The first-order chi connectivity index (χ1) is 14.3. The van der Waals surface area contributed by atoms with Crippen molar-refractivity contribution in [3.05, 3.63) is 52.4 Å². The molecule has 0 aliphatic carbocycles. The summed E-state index contributed by atoms with van der Waals surface area (Å²) in [5.41, 5.74) is 0.814. The fourth-order valence-electron chi connectivity index (χ4n) is 3.36. The highest BCUT2D eigenvalue weighted by Gasteiger charge is 2.34. The summed E-state index contributed by atoms with van der Waals surface area (Å²) in [4.78, 5) is 37.4. The van der Waals surface area contributed by atoms with Crippen LogP contribution in [0.15, 0.2) is 41.3 Å². The maximum atomic E-state index is 13.1.